The maximum Gasteiger partial charge on any atom is 0.193 e. The Bertz CT molecular complexity index is 203. The van der Waals surface area contributed by atoms with E-state index in [-0.39, 0.29) is 24.0 Å². The summed E-state index contributed by atoms with van der Waals surface area (Å²) in [6.45, 7) is 9.69. The summed E-state index contributed by atoms with van der Waals surface area (Å²) in [5, 5.41) is 3.47. The van der Waals surface area contributed by atoms with Crippen LogP contribution in [-0.4, -0.2) is 37.5 Å². The summed E-state index contributed by atoms with van der Waals surface area (Å²) in [6, 6.07) is 0.506. The van der Waals surface area contributed by atoms with Crippen LogP contribution in [0.25, 0.3) is 0 Å². The number of aliphatic imine (C=N–C) groups is 1. The predicted molar refractivity (Wildman–Crippen MR) is 88.4 cm³/mol. The van der Waals surface area contributed by atoms with Crippen LogP contribution >= 0.6 is 24.0 Å². The molecule has 0 aromatic rings. The van der Waals surface area contributed by atoms with Crippen LogP contribution in [-0.2, 0) is 0 Å². The number of halogens is 1. The van der Waals surface area contributed by atoms with Gasteiger partial charge in [-0.25, -0.2) is 0 Å². The van der Waals surface area contributed by atoms with E-state index < -0.39 is 0 Å². The average molecular weight is 355 g/mol. The van der Waals surface area contributed by atoms with Crippen LogP contribution < -0.4 is 5.32 Å². The Kier molecular flexibility index (Phi) is 12.6. The minimum Gasteiger partial charge on any atom is -0.354 e. The first-order valence-electron chi connectivity index (χ1n) is 6.45. The highest BCUT2D eigenvalue weighted by atomic mass is 127. The van der Waals surface area contributed by atoms with Gasteiger partial charge in [-0.1, -0.05) is 26.7 Å². The lowest BCUT2D eigenvalue weighted by Gasteiger charge is -2.22. The van der Waals surface area contributed by atoms with E-state index in [4.69, 9.17) is 0 Å². The van der Waals surface area contributed by atoms with Gasteiger partial charge in [0.2, 0.25) is 0 Å². The van der Waals surface area contributed by atoms with Crippen molar-refractivity contribution in [2.75, 3.05) is 20.6 Å². The molecule has 0 amide bonds. The molecule has 0 aliphatic rings. The van der Waals surface area contributed by atoms with Crippen molar-refractivity contribution in [3.8, 4) is 0 Å². The standard InChI is InChI=1S/C13H29N3.HI/c1-7-14-13(16(5)6)15-12(4)10-8-9-11(2)3;/h11-12H,7-10H2,1-6H3,(H,14,15);1H. The molecule has 3 nitrogen and oxygen atoms in total. The molecule has 1 unspecified atom stereocenters. The Morgan fingerprint density at radius 1 is 1.18 bits per heavy atom. The predicted octanol–water partition coefficient (Wildman–Crippen LogP) is 3.35. The van der Waals surface area contributed by atoms with Crippen LogP contribution in [0.15, 0.2) is 4.99 Å². The highest BCUT2D eigenvalue weighted by Crippen LogP contribution is 2.08. The molecule has 0 aliphatic heterocycles. The molecule has 0 aromatic carbocycles. The van der Waals surface area contributed by atoms with Crippen LogP contribution in [0.3, 0.4) is 0 Å². The van der Waals surface area contributed by atoms with Gasteiger partial charge in [-0.15, -0.1) is 24.0 Å². The van der Waals surface area contributed by atoms with Crippen molar-refractivity contribution >= 4 is 29.9 Å². The third kappa shape index (κ3) is 10.9. The van der Waals surface area contributed by atoms with Gasteiger partial charge >= 0.3 is 0 Å². The lowest BCUT2D eigenvalue weighted by atomic mass is 10.0. The van der Waals surface area contributed by atoms with Gasteiger partial charge in [0.25, 0.3) is 0 Å². The lowest BCUT2D eigenvalue weighted by molar-refractivity contribution is 0.476. The third-order valence-corrected chi connectivity index (χ3v) is 2.53. The van der Waals surface area contributed by atoms with Gasteiger partial charge in [0.15, 0.2) is 5.96 Å². The van der Waals surface area contributed by atoms with Gasteiger partial charge in [0, 0.05) is 26.7 Å². The van der Waals surface area contributed by atoms with Crippen molar-refractivity contribution in [2.45, 2.75) is 53.0 Å². The quantitative estimate of drug-likeness (QED) is 0.450. The first-order chi connectivity index (χ1) is 7.47. The molecule has 104 valence electrons. The van der Waals surface area contributed by atoms with Gasteiger partial charge in [-0.3, -0.25) is 4.99 Å². The molecular weight excluding hydrogens is 325 g/mol. The molecule has 0 bridgehead atoms. The SMILES string of the molecule is CCN=C(NC(C)CCCC(C)C)N(C)C.I. The number of guanidine groups is 1. The molecule has 0 radical (unpaired) electrons. The van der Waals surface area contributed by atoms with E-state index in [1.165, 1.54) is 19.3 Å². The van der Waals surface area contributed by atoms with E-state index in [0.29, 0.717) is 6.04 Å². The van der Waals surface area contributed by atoms with E-state index in [1.54, 1.807) is 0 Å². The van der Waals surface area contributed by atoms with Crippen LogP contribution in [0, 0.1) is 5.92 Å². The molecule has 0 saturated heterocycles. The van der Waals surface area contributed by atoms with E-state index in [2.05, 4.69) is 38.0 Å². The summed E-state index contributed by atoms with van der Waals surface area (Å²) in [5.41, 5.74) is 0. The lowest BCUT2D eigenvalue weighted by Crippen LogP contribution is -2.41. The number of rotatable bonds is 6. The van der Waals surface area contributed by atoms with Gasteiger partial charge in [0.1, 0.15) is 0 Å². The average Bonchev–Trinajstić information content (AvgIpc) is 2.16. The summed E-state index contributed by atoms with van der Waals surface area (Å²) in [4.78, 5) is 6.48. The molecule has 0 aliphatic carbocycles. The van der Waals surface area contributed by atoms with E-state index in [9.17, 15) is 0 Å². The smallest absolute Gasteiger partial charge is 0.193 e. The second-order valence-corrected chi connectivity index (χ2v) is 5.06. The summed E-state index contributed by atoms with van der Waals surface area (Å²) >= 11 is 0. The molecule has 0 heterocycles. The van der Waals surface area contributed by atoms with Crippen LogP contribution in [0.2, 0.25) is 0 Å². The Morgan fingerprint density at radius 2 is 1.76 bits per heavy atom. The second kappa shape index (κ2) is 11.1. The first-order valence-corrected chi connectivity index (χ1v) is 6.45. The monoisotopic (exact) mass is 355 g/mol. The van der Waals surface area contributed by atoms with E-state index in [0.717, 1.165) is 18.4 Å². The summed E-state index contributed by atoms with van der Waals surface area (Å²) in [6.07, 6.45) is 3.82. The van der Waals surface area contributed by atoms with Crippen molar-refractivity contribution in [3.63, 3.8) is 0 Å². The fourth-order valence-electron chi connectivity index (χ4n) is 1.59. The molecule has 0 fully saturated rings. The van der Waals surface area contributed by atoms with Crippen molar-refractivity contribution in [1.82, 2.24) is 10.2 Å². The van der Waals surface area contributed by atoms with Crippen molar-refractivity contribution in [2.24, 2.45) is 10.9 Å². The van der Waals surface area contributed by atoms with Crippen LogP contribution in [0.4, 0.5) is 0 Å². The van der Waals surface area contributed by atoms with Gasteiger partial charge < -0.3 is 10.2 Å². The van der Waals surface area contributed by atoms with Crippen molar-refractivity contribution < 1.29 is 0 Å². The molecule has 0 spiro atoms. The molecule has 17 heavy (non-hydrogen) atoms. The molecule has 1 N–H and O–H groups in total. The Balaban J connectivity index is 0. The largest absolute Gasteiger partial charge is 0.354 e. The van der Waals surface area contributed by atoms with Gasteiger partial charge in [-0.2, -0.15) is 0 Å². The summed E-state index contributed by atoms with van der Waals surface area (Å²) in [5.74, 6) is 1.81. The molecule has 4 heteroatoms. The van der Waals surface area contributed by atoms with E-state index >= 15 is 0 Å². The summed E-state index contributed by atoms with van der Waals surface area (Å²) in [7, 11) is 4.06. The zero-order valence-corrected chi connectivity index (χ0v) is 14.6. The fourth-order valence-corrected chi connectivity index (χ4v) is 1.59. The fraction of sp³-hybridized carbons (Fsp3) is 0.923. The highest BCUT2D eigenvalue weighted by molar-refractivity contribution is 14.0. The summed E-state index contributed by atoms with van der Waals surface area (Å²) < 4.78 is 0. The minimum absolute atomic E-state index is 0. The van der Waals surface area contributed by atoms with Crippen molar-refractivity contribution in [3.05, 3.63) is 0 Å². The maximum absolute atomic E-state index is 4.44. The molecular formula is C13H30IN3. The number of hydrogen-bond acceptors (Lipinski definition) is 1. The zero-order valence-electron chi connectivity index (χ0n) is 12.3. The number of hydrogen-bond donors (Lipinski definition) is 1. The zero-order chi connectivity index (χ0) is 12.6. The molecule has 0 aromatic heterocycles. The van der Waals surface area contributed by atoms with Gasteiger partial charge in [0.05, 0.1) is 0 Å². The maximum atomic E-state index is 4.44. The van der Waals surface area contributed by atoms with E-state index in [1.807, 2.05) is 19.0 Å². The Labute approximate surface area is 124 Å². The van der Waals surface area contributed by atoms with Crippen LogP contribution in [0.5, 0.6) is 0 Å². The highest BCUT2D eigenvalue weighted by Gasteiger charge is 2.07. The normalized spacial score (nSPS) is 13.2. The second-order valence-electron chi connectivity index (χ2n) is 5.06. The first kappa shape index (κ1) is 19.3. The number of nitrogens with zero attached hydrogens (tertiary/aromatic N) is 2. The molecule has 0 rings (SSSR count). The molecule has 1 atom stereocenters. The Morgan fingerprint density at radius 3 is 2.18 bits per heavy atom. The Hall–Kier alpha value is 0. The minimum atomic E-state index is 0. The number of nitrogens with one attached hydrogen (secondary N) is 1. The van der Waals surface area contributed by atoms with Crippen molar-refractivity contribution in [1.29, 1.82) is 0 Å². The van der Waals surface area contributed by atoms with Crippen LogP contribution in [0.1, 0.15) is 47.0 Å². The van der Waals surface area contributed by atoms with Gasteiger partial charge in [-0.05, 0) is 26.2 Å². The topological polar surface area (TPSA) is 27.6 Å². The third-order valence-electron chi connectivity index (χ3n) is 2.53. The molecule has 0 saturated carbocycles.